The molecule has 2 rings (SSSR count). The van der Waals surface area contributed by atoms with E-state index in [2.05, 4.69) is 0 Å². The van der Waals surface area contributed by atoms with Crippen LogP contribution in [-0.2, 0) is 0 Å². The summed E-state index contributed by atoms with van der Waals surface area (Å²) in [6.07, 6.45) is 0. The highest BCUT2D eigenvalue weighted by Gasteiger charge is 2.15. The molecule has 0 aliphatic carbocycles. The van der Waals surface area contributed by atoms with Crippen LogP contribution in [0, 0.1) is 10.1 Å². The normalized spacial score (nSPS) is 10.3. The highest BCUT2D eigenvalue weighted by atomic mass is 35.5. The predicted octanol–water partition coefficient (Wildman–Crippen LogP) is 4.58. The summed E-state index contributed by atoms with van der Waals surface area (Å²) < 4.78 is 5.21. The van der Waals surface area contributed by atoms with Crippen LogP contribution in [0.4, 0.5) is 5.69 Å². The SMILES string of the molecule is COc1ccc([N+](=O)[O-])cc1-c1cc(Cl)ccc1Cl. The molecule has 0 saturated heterocycles. The molecular weight excluding hydrogens is 289 g/mol. The minimum Gasteiger partial charge on any atom is -0.496 e. The fourth-order valence-corrected chi connectivity index (χ4v) is 2.12. The van der Waals surface area contributed by atoms with E-state index in [0.717, 1.165) is 0 Å². The zero-order valence-electron chi connectivity index (χ0n) is 9.89. The largest absolute Gasteiger partial charge is 0.496 e. The maximum absolute atomic E-state index is 10.8. The Labute approximate surface area is 119 Å². The van der Waals surface area contributed by atoms with Crippen LogP contribution in [-0.4, -0.2) is 12.0 Å². The average Bonchev–Trinajstić information content (AvgIpc) is 2.40. The van der Waals surface area contributed by atoms with Gasteiger partial charge in [-0.2, -0.15) is 0 Å². The van der Waals surface area contributed by atoms with Crippen molar-refractivity contribution in [2.45, 2.75) is 0 Å². The first-order valence-electron chi connectivity index (χ1n) is 5.31. The lowest BCUT2D eigenvalue weighted by Gasteiger charge is -2.10. The van der Waals surface area contributed by atoms with Crippen LogP contribution in [0.15, 0.2) is 36.4 Å². The molecule has 0 saturated carbocycles. The van der Waals surface area contributed by atoms with Crippen molar-refractivity contribution in [3.05, 3.63) is 56.6 Å². The van der Waals surface area contributed by atoms with E-state index in [-0.39, 0.29) is 5.69 Å². The zero-order chi connectivity index (χ0) is 14.0. The van der Waals surface area contributed by atoms with Gasteiger partial charge >= 0.3 is 0 Å². The molecule has 2 aromatic carbocycles. The molecule has 0 amide bonds. The fourth-order valence-electron chi connectivity index (χ4n) is 1.72. The third-order valence-electron chi connectivity index (χ3n) is 2.61. The zero-order valence-corrected chi connectivity index (χ0v) is 11.4. The summed E-state index contributed by atoms with van der Waals surface area (Å²) in [4.78, 5) is 10.4. The van der Waals surface area contributed by atoms with E-state index in [1.54, 1.807) is 18.2 Å². The number of methoxy groups -OCH3 is 1. The predicted molar refractivity (Wildman–Crippen MR) is 75.1 cm³/mol. The second kappa shape index (κ2) is 5.47. The minimum atomic E-state index is -0.471. The monoisotopic (exact) mass is 297 g/mol. The Morgan fingerprint density at radius 2 is 1.84 bits per heavy atom. The maximum atomic E-state index is 10.8. The molecule has 0 spiro atoms. The summed E-state index contributed by atoms with van der Waals surface area (Å²) >= 11 is 12.0. The van der Waals surface area contributed by atoms with E-state index in [4.69, 9.17) is 27.9 Å². The molecule has 0 heterocycles. The first-order chi connectivity index (χ1) is 9.02. The number of nitro benzene ring substituents is 1. The first-order valence-corrected chi connectivity index (χ1v) is 6.06. The molecular formula is C13H9Cl2NO3. The van der Waals surface area contributed by atoms with Gasteiger partial charge in [0, 0.05) is 33.3 Å². The Balaban J connectivity index is 2.68. The molecule has 0 radical (unpaired) electrons. The van der Waals surface area contributed by atoms with Crippen LogP contribution in [0.3, 0.4) is 0 Å². The van der Waals surface area contributed by atoms with Gasteiger partial charge in [-0.05, 0) is 24.3 Å². The molecule has 0 N–H and O–H groups in total. The summed E-state index contributed by atoms with van der Waals surface area (Å²) in [6, 6.07) is 9.25. The quantitative estimate of drug-likeness (QED) is 0.615. The van der Waals surface area contributed by atoms with Crippen molar-refractivity contribution in [1.82, 2.24) is 0 Å². The van der Waals surface area contributed by atoms with E-state index in [9.17, 15) is 10.1 Å². The Bertz CT molecular complexity index is 644. The average molecular weight is 298 g/mol. The molecule has 4 nitrogen and oxygen atoms in total. The van der Waals surface area contributed by atoms with Gasteiger partial charge in [-0.15, -0.1) is 0 Å². The third-order valence-corrected chi connectivity index (χ3v) is 3.18. The molecule has 0 bridgehead atoms. The Hall–Kier alpha value is -1.78. The van der Waals surface area contributed by atoms with Crippen LogP contribution in [0.25, 0.3) is 11.1 Å². The summed E-state index contributed by atoms with van der Waals surface area (Å²) in [5, 5.41) is 11.8. The molecule has 98 valence electrons. The summed E-state index contributed by atoms with van der Waals surface area (Å²) in [5.41, 5.74) is 1.09. The van der Waals surface area contributed by atoms with Gasteiger partial charge in [0.15, 0.2) is 0 Å². The van der Waals surface area contributed by atoms with Gasteiger partial charge < -0.3 is 4.74 Å². The Kier molecular flexibility index (Phi) is 3.93. The van der Waals surface area contributed by atoms with Crippen molar-refractivity contribution in [3.8, 4) is 16.9 Å². The number of ether oxygens (including phenoxy) is 1. The lowest BCUT2D eigenvalue weighted by Crippen LogP contribution is -1.93. The minimum absolute atomic E-state index is 0.0353. The Morgan fingerprint density at radius 1 is 1.11 bits per heavy atom. The van der Waals surface area contributed by atoms with Gasteiger partial charge in [0.1, 0.15) is 5.75 Å². The molecule has 0 aliphatic heterocycles. The molecule has 0 aliphatic rings. The number of hydrogen-bond acceptors (Lipinski definition) is 3. The molecule has 0 fully saturated rings. The molecule has 6 heteroatoms. The third kappa shape index (κ3) is 2.80. The van der Waals surface area contributed by atoms with Crippen molar-refractivity contribution in [1.29, 1.82) is 0 Å². The summed E-state index contributed by atoms with van der Waals surface area (Å²) in [7, 11) is 1.49. The Morgan fingerprint density at radius 3 is 2.47 bits per heavy atom. The number of non-ortho nitro benzene ring substituents is 1. The molecule has 0 aromatic heterocycles. The van der Waals surface area contributed by atoms with Crippen LogP contribution in [0.5, 0.6) is 5.75 Å². The molecule has 0 atom stereocenters. The topological polar surface area (TPSA) is 52.4 Å². The molecule has 19 heavy (non-hydrogen) atoms. The second-order valence-corrected chi connectivity index (χ2v) is 4.61. The lowest BCUT2D eigenvalue weighted by molar-refractivity contribution is -0.384. The van der Waals surface area contributed by atoms with E-state index < -0.39 is 4.92 Å². The highest BCUT2D eigenvalue weighted by molar-refractivity contribution is 6.35. The second-order valence-electron chi connectivity index (χ2n) is 3.77. The number of halogens is 2. The number of hydrogen-bond donors (Lipinski definition) is 0. The van der Waals surface area contributed by atoms with Gasteiger partial charge in [-0.3, -0.25) is 10.1 Å². The van der Waals surface area contributed by atoms with Crippen molar-refractivity contribution in [2.75, 3.05) is 7.11 Å². The number of nitrogens with zero attached hydrogens (tertiary/aromatic N) is 1. The van der Waals surface area contributed by atoms with Crippen molar-refractivity contribution in [2.24, 2.45) is 0 Å². The van der Waals surface area contributed by atoms with Crippen LogP contribution in [0.1, 0.15) is 0 Å². The van der Waals surface area contributed by atoms with Gasteiger partial charge in [-0.25, -0.2) is 0 Å². The number of nitro groups is 1. The van der Waals surface area contributed by atoms with Crippen molar-refractivity contribution >= 4 is 28.9 Å². The van der Waals surface area contributed by atoms with Crippen LogP contribution in [0.2, 0.25) is 10.0 Å². The van der Waals surface area contributed by atoms with Gasteiger partial charge in [0.05, 0.1) is 12.0 Å². The van der Waals surface area contributed by atoms with E-state index in [1.807, 2.05) is 0 Å². The highest BCUT2D eigenvalue weighted by Crippen LogP contribution is 2.38. The lowest BCUT2D eigenvalue weighted by atomic mass is 10.0. The fraction of sp³-hybridized carbons (Fsp3) is 0.0769. The van der Waals surface area contributed by atoms with Crippen LogP contribution < -0.4 is 4.74 Å². The first kappa shape index (κ1) is 13.6. The van der Waals surface area contributed by atoms with Gasteiger partial charge in [0.2, 0.25) is 0 Å². The smallest absolute Gasteiger partial charge is 0.270 e. The maximum Gasteiger partial charge on any atom is 0.270 e. The summed E-state index contributed by atoms with van der Waals surface area (Å²) in [6.45, 7) is 0. The van der Waals surface area contributed by atoms with Gasteiger partial charge in [0.25, 0.3) is 5.69 Å². The summed E-state index contributed by atoms with van der Waals surface area (Å²) in [5.74, 6) is 0.495. The standard InChI is InChI=1S/C13H9Cl2NO3/c1-19-13-5-3-9(16(17)18)7-11(13)10-6-8(14)2-4-12(10)15/h2-7H,1H3. The van der Waals surface area contributed by atoms with Crippen molar-refractivity contribution < 1.29 is 9.66 Å². The molecule has 0 unspecified atom stereocenters. The van der Waals surface area contributed by atoms with E-state index in [1.165, 1.54) is 25.3 Å². The number of rotatable bonds is 3. The molecule has 2 aromatic rings. The van der Waals surface area contributed by atoms with E-state index in [0.29, 0.717) is 26.9 Å². The van der Waals surface area contributed by atoms with E-state index >= 15 is 0 Å². The van der Waals surface area contributed by atoms with Gasteiger partial charge in [-0.1, -0.05) is 23.2 Å². The van der Waals surface area contributed by atoms with Crippen molar-refractivity contribution in [3.63, 3.8) is 0 Å². The van der Waals surface area contributed by atoms with Crippen LogP contribution >= 0.6 is 23.2 Å². The number of benzene rings is 2.